The Balaban J connectivity index is 2.24. The van der Waals surface area contributed by atoms with Crippen molar-refractivity contribution in [3.63, 3.8) is 0 Å². The van der Waals surface area contributed by atoms with E-state index in [1.165, 1.54) is 0 Å². The molecular weight excluding hydrogens is 114 g/mol. The van der Waals surface area contributed by atoms with Gasteiger partial charge in [-0.15, -0.1) is 0 Å². The van der Waals surface area contributed by atoms with Crippen LogP contribution in [0.25, 0.3) is 0 Å². The van der Waals surface area contributed by atoms with E-state index in [0.717, 1.165) is 19.4 Å². The average Bonchev–Trinajstić information content (AvgIpc) is 1.81. The molecule has 0 aromatic heterocycles. The average molecular weight is 129 g/mol. The molecule has 0 aromatic rings. The SMILES string of the molecule is COC1CC(C)(CN)C1. The van der Waals surface area contributed by atoms with E-state index in [1.54, 1.807) is 7.11 Å². The van der Waals surface area contributed by atoms with Gasteiger partial charge in [0, 0.05) is 7.11 Å². The molecule has 0 aromatic carbocycles. The number of ether oxygens (including phenoxy) is 1. The molecule has 0 radical (unpaired) electrons. The third kappa shape index (κ3) is 1.25. The zero-order chi connectivity index (χ0) is 6.91. The van der Waals surface area contributed by atoms with Crippen molar-refractivity contribution in [2.45, 2.75) is 25.9 Å². The van der Waals surface area contributed by atoms with Crippen molar-refractivity contribution >= 4 is 0 Å². The van der Waals surface area contributed by atoms with E-state index >= 15 is 0 Å². The van der Waals surface area contributed by atoms with Crippen LogP contribution in [0.5, 0.6) is 0 Å². The summed E-state index contributed by atoms with van der Waals surface area (Å²) in [5.74, 6) is 0. The van der Waals surface area contributed by atoms with E-state index in [9.17, 15) is 0 Å². The standard InChI is InChI=1S/C7H15NO/c1-7(5-8)3-6(4-7)9-2/h6H,3-5,8H2,1-2H3. The summed E-state index contributed by atoms with van der Waals surface area (Å²) >= 11 is 0. The molecule has 0 atom stereocenters. The van der Waals surface area contributed by atoms with Gasteiger partial charge in [0.25, 0.3) is 0 Å². The molecule has 0 amide bonds. The molecule has 1 fully saturated rings. The van der Waals surface area contributed by atoms with Crippen LogP contribution in [0.15, 0.2) is 0 Å². The summed E-state index contributed by atoms with van der Waals surface area (Å²) in [7, 11) is 1.76. The van der Waals surface area contributed by atoms with Crippen LogP contribution < -0.4 is 5.73 Å². The van der Waals surface area contributed by atoms with Crippen molar-refractivity contribution in [1.82, 2.24) is 0 Å². The van der Waals surface area contributed by atoms with Crippen LogP contribution in [0.3, 0.4) is 0 Å². The van der Waals surface area contributed by atoms with Gasteiger partial charge in [-0.1, -0.05) is 6.92 Å². The quantitative estimate of drug-likeness (QED) is 0.597. The Bertz CT molecular complexity index is 97.1. The number of hydrogen-bond donors (Lipinski definition) is 1. The Morgan fingerprint density at radius 3 is 2.56 bits per heavy atom. The van der Waals surface area contributed by atoms with Crippen molar-refractivity contribution in [3.05, 3.63) is 0 Å². The number of rotatable bonds is 2. The van der Waals surface area contributed by atoms with Gasteiger partial charge in [-0.25, -0.2) is 0 Å². The Kier molecular flexibility index (Phi) is 1.78. The van der Waals surface area contributed by atoms with Crippen LogP contribution in [-0.2, 0) is 4.74 Å². The van der Waals surface area contributed by atoms with Crippen molar-refractivity contribution in [2.75, 3.05) is 13.7 Å². The molecular formula is C7H15NO. The summed E-state index contributed by atoms with van der Waals surface area (Å²) < 4.78 is 5.13. The van der Waals surface area contributed by atoms with Crippen LogP contribution in [0.1, 0.15) is 19.8 Å². The van der Waals surface area contributed by atoms with Crippen LogP contribution in [0, 0.1) is 5.41 Å². The van der Waals surface area contributed by atoms with Crippen molar-refractivity contribution < 1.29 is 4.74 Å². The molecule has 1 saturated carbocycles. The van der Waals surface area contributed by atoms with Gasteiger partial charge in [-0.05, 0) is 24.8 Å². The van der Waals surface area contributed by atoms with Gasteiger partial charge in [0.05, 0.1) is 6.10 Å². The fraction of sp³-hybridized carbons (Fsp3) is 1.00. The fourth-order valence-electron chi connectivity index (χ4n) is 1.37. The zero-order valence-corrected chi connectivity index (χ0v) is 6.18. The van der Waals surface area contributed by atoms with E-state index in [0.29, 0.717) is 11.5 Å². The first kappa shape index (κ1) is 7.03. The first-order chi connectivity index (χ1) is 4.20. The summed E-state index contributed by atoms with van der Waals surface area (Å²) in [6.45, 7) is 3.01. The third-order valence-corrected chi connectivity index (χ3v) is 2.27. The minimum atomic E-state index is 0.390. The molecule has 0 spiro atoms. The monoisotopic (exact) mass is 129 g/mol. The highest BCUT2D eigenvalue weighted by atomic mass is 16.5. The Morgan fingerprint density at radius 1 is 1.67 bits per heavy atom. The number of hydrogen-bond acceptors (Lipinski definition) is 2. The van der Waals surface area contributed by atoms with Gasteiger partial charge in [0.1, 0.15) is 0 Å². The topological polar surface area (TPSA) is 35.2 Å². The second kappa shape index (κ2) is 2.27. The smallest absolute Gasteiger partial charge is 0.0582 e. The molecule has 0 aliphatic heterocycles. The molecule has 2 nitrogen and oxygen atoms in total. The second-order valence-electron chi connectivity index (χ2n) is 3.28. The van der Waals surface area contributed by atoms with Crippen LogP contribution in [0.4, 0.5) is 0 Å². The molecule has 0 unspecified atom stereocenters. The lowest BCUT2D eigenvalue weighted by atomic mass is 9.68. The number of methoxy groups -OCH3 is 1. The first-order valence-electron chi connectivity index (χ1n) is 3.43. The Hall–Kier alpha value is -0.0800. The van der Waals surface area contributed by atoms with Crippen molar-refractivity contribution in [3.8, 4) is 0 Å². The Morgan fingerprint density at radius 2 is 2.22 bits per heavy atom. The lowest BCUT2D eigenvalue weighted by Crippen LogP contribution is -2.44. The lowest BCUT2D eigenvalue weighted by Gasteiger charge is -2.43. The summed E-state index contributed by atoms with van der Waals surface area (Å²) in [6, 6.07) is 0. The predicted octanol–water partition coefficient (Wildman–Crippen LogP) is 0.760. The third-order valence-electron chi connectivity index (χ3n) is 2.27. The molecule has 1 aliphatic carbocycles. The summed E-state index contributed by atoms with van der Waals surface area (Å²) in [4.78, 5) is 0. The molecule has 2 N–H and O–H groups in total. The van der Waals surface area contributed by atoms with Crippen molar-refractivity contribution in [1.29, 1.82) is 0 Å². The molecule has 0 bridgehead atoms. The van der Waals surface area contributed by atoms with E-state index < -0.39 is 0 Å². The molecule has 2 heteroatoms. The molecule has 1 rings (SSSR count). The molecule has 54 valence electrons. The van der Waals surface area contributed by atoms with Gasteiger partial charge in [0.15, 0.2) is 0 Å². The number of nitrogens with two attached hydrogens (primary N) is 1. The maximum absolute atomic E-state index is 5.53. The summed E-state index contributed by atoms with van der Waals surface area (Å²) in [5, 5.41) is 0. The molecule has 1 aliphatic rings. The van der Waals surface area contributed by atoms with Crippen molar-refractivity contribution in [2.24, 2.45) is 11.1 Å². The largest absolute Gasteiger partial charge is 0.381 e. The highest BCUT2D eigenvalue weighted by Gasteiger charge is 2.38. The molecule has 0 heterocycles. The van der Waals surface area contributed by atoms with Gasteiger partial charge in [-0.2, -0.15) is 0 Å². The predicted molar refractivity (Wildman–Crippen MR) is 37.2 cm³/mol. The minimum absolute atomic E-state index is 0.390. The van der Waals surface area contributed by atoms with Crippen LogP contribution in [0.2, 0.25) is 0 Å². The van der Waals surface area contributed by atoms with Gasteiger partial charge >= 0.3 is 0 Å². The fourth-order valence-corrected chi connectivity index (χ4v) is 1.37. The highest BCUT2D eigenvalue weighted by molar-refractivity contribution is 4.91. The molecule has 9 heavy (non-hydrogen) atoms. The minimum Gasteiger partial charge on any atom is -0.381 e. The van der Waals surface area contributed by atoms with E-state index in [1.807, 2.05) is 0 Å². The first-order valence-corrected chi connectivity index (χ1v) is 3.43. The lowest BCUT2D eigenvalue weighted by molar-refractivity contribution is -0.0447. The Labute approximate surface area is 56.4 Å². The normalized spacial score (nSPS) is 42.3. The summed E-state index contributed by atoms with van der Waals surface area (Å²) in [5.41, 5.74) is 5.92. The summed E-state index contributed by atoms with van der Waals surface area (Å²) in [6.07, 6.45) is 2.76. The van der Waals surface area contributed by atoms with E-state index in [4.69, 9.17) is 10.5 Å². The maximum Gasteiger partial charge on any atom is 0.0582 e. The van der Waals surface area contributed by atoms with Gasteiger partial charge in [0.2, 0.25) is 0 Å². The zero-order valence-electron chi connectivity index (χ0n) is 6.18. The molecule has 0 saturated heterocycles. The van der Waals surface area contributed by atoms with E-state index in [2.05, 4.69) is 6.92 Å². The highest BCUT2D eigenvalue weighted by Crippen LogP contribution is 2.40. The van der Waals surface area contributed by atoms with Gasteiger partial charge < -0.3 is 10.5 Å². The van der Waals surface area contributed by atoms with Crippen LogP contribution >= 0.6 is 0 Å². The van der Waals surface area contributed by atoms with Gasteiger partial charge in [-0.3, -0.25) is 0 Å². The van der Waals surface area contributed by atoms with Crippen LogP contribution in [-0.4, -0.2) is 19.8 Å². The second-order valence-corrected chi connectivity index (χ2v) is 3.28. The van der Waals surface area contributed by atoms with E-state index in [-0.39, 0.29) is 0 Å². The maximum atomic E-state index is 5.53.